The zero-order chi connectivity index (χ0) is 36.9. The van der Waals surface area contributed by atoms with Gasteiger partial charge in [0.05, 0.1) is 33.4 Å². The van der Waals surface area contributed by atoms with Gasteiger partial charge in [-0.15, -0.1) is 12.1 Å². The monoisotopic (exact) mass is 815 g/mol. The van der Waals surface area contributed by atoms with Gasteiger partial charge in [0.2, 0.25) is 0 Å². The van der Waals surface area contributed by atoms with Gasteiger partial charge in [0, 0.05) is 34.9 Å². The number of rotatable bonds is 5. The first-order valence-corrected chi connectivity index (χ1v) is 18.9. The van der Waals surface area contributed by atoms with Crippen LogP contribution in [0.3, 0.4) is 0 Å². The molecule has 6 aromatic carbocycles. The van der Waals surface area contributed by atoms with Crippen LogP contribution in [0.4, 0.5) is 0 Å². The fourth-order valence-electron chi connectivity index (χ4n) is 8.64. The Morgan fingerprint density at radius 1 is 0.536 bits per heavy atom. The molecule has 0 amide bonds. The average molecular weight is 816 g/mol. The van der Waals surface area contributed by atoms with E-state index in [0.717, 1.165) is 76.7 Å². The van der Waals surface area contributed by atoms with Crippen molar-refractivity contribution in [3.05, 3.63) is 151 Å². The Balaban J connectivity index is 0.00000384. The second kappa shape index (κ2) is 13.0. The number of nitrogens with zero attached hydrogens (tertiary/aromatic N) is 5. The molecule has 0 unspecified atom stereocenters. The third-order valence-electron chi connectivity index (χ3n) is 11.1. The molecule has 0 fully saturated rings. The number of benzene rings is 6. The molecule has 0 aliphatic heterocycles. The molecular formula is C49H35N5OPd. The smallest absolute Gasteiger partial charge is 0.497 e. The fourth-order valence-corrected chi connectivity index (χ4v) is 8.64. The van der Waals surface area contributed by atoms with Crippen LogP contribution < -0.4 is 4.74 Å². The van der Waals surface area contributed by atoms with Gasteiger partial charge >= 0.3 is 20.4 Å². The number of para-hydroxylation sites is 4. The van der Waals surface area contributed by atoms with Gasteiger partial charge < -0.3 is 13.5 Å². The van der Waals surface area contributed by atoms with Crippen LogP contribution in [0.1, 0.15) is 50.7 Å². The van der Waals surface area contributed by atoms with Crippen molar-refractivity contribution in [3.63, 3.8) is 0 Å². The molecule has 11 aromatic rings. The summed E-state index contributed by atoms with van der Waals surface area (Å²) in [5, 5.41) is 6.05. The molecule has 7 heteroatoms. The second-order valence-corrected chi connectivity index (χ2v) is 15.1. The Kier molecular flexibility index (Phi) is 7.97. The number of fused-ring (bicyclic) bond motifs is 16. The van der Waals surface area contributed by atoms with Crippen molar-refractivity contribution in [3.8, 4) is 22.6 Å². The van der Waals surface area contributed by atoms with Crippen molar-refractivity contribution in [2.24, 2.45) is 0 Å². The Bertz CT molecular complexity index is 3350. The number of imidazole rings is 2. The third-order valence-corrected chi connectivity index (χ3v) is 11.1. The van der Waals surface area contributed by atoms with E-state index in [1.54, 1.807) is 0 Å². The number of pyridine rings is 3. The minimum absolute atomic E-state index is 0. The van der Waals surface area contributed by atoms with Crippen molar-refractivity contribution >= 4 is 76.7 Å². The molecule has 0 N–H and O–H groups in total. The molecule has 5 aromatic heterocycles. The molecule has 0 saturated carbocycles. The predicted molar refractivity (Wildman–Crippen MR) is 225 cm³/mol. The number of hydrogen-bond acceptors (Lipinski definition) is 4. The molecule has 0 aliphatic rings. The molecule has 11 rings (SSSR count). The first-order valence-electron chi connectivity index (χ1n) is 18.9. The number of aromatic nitrogens is 5. The summed E-state index contributed by atoms with van der Waals surface area (Å²) >= 11 is 0. The van der Waals surface area contributed by atoms with Crippen LogP contribution in [0.2, 0.25) is 0 Å². The predicted octanol–water partition coefficient (Wildman–Crippen LogP) is 12.6. The van der Waals surface area contributed by atoms with Crippen LogP contribution in [-0.2, 0) is 20.4 Å². The quantitative estimate of drug-likeness (QED) is 0.0986. The molecule has 0 saturated heterocycles. The van der Waals surface area contributed by atoms with Gasteiger partial charge in [-0.3, -0.25) is 15.0 Å². The van der Waals surface area contributed by atoms with Gasteiger partial charge in [0.15, 0.2) is 0 Å². The van der Waals surface area contributed by atoms with Crippen molar-refractivity contribution in [1.29, 1.82) is 0 Å². The van der Waals surface area contributed by atoms with Crippen LogP contribution in [0.25, 0.3) is 87.8 Å². The largest absolute Gasteiger partial charge is 2.00 e. The molecule has 6 nitrogen and oxygen atoms in total. The van der Waals surface area contributed by atoms with E-state index < -0.39 is 0 Å². The minimum atomic E-state index is 0. The van der Waals surface area contributed by atoms with E-state index in [2.05, 4.69) is 126 Å². The molecule has 0 bridgehead atoms. The van der Waals surface area contributed by atoms with Crippen molar-refractivity contribution in [2.45, 2.75) is 39.5 Å². The number of ether oxygens (including phenoxy) is 1. The summed E-state index contributed by atoms with van der Waals surface area (Å²) in [6, 6.07) is 47.7. The van der Waals surface area contributed by atoms with Gasteiger partial charge in [0.25, 0.3) is 0 Å². The van der Waals surface area contributed by atoms with E-state index in [0.29, 0.717) is 23.3 Å². The molecule has 56 heavy (non-hydrogen) atoms. The zero-order valence-electron chi connectivity index (χ0n) is 31.2. The van der Waals surface area contributed by atoms with Crippen molar-refractivity contribution < 1.29 is 25.2 Å². The maximum atomic E-state index is 6.64. The van der Waals surface area contributed by atoms with Gasteiger partial charge in [-0.1, -0.05) is 128 Å². The van der Waals surface area contributed by atoms with E-state index in [1.165, 1.54) is 22.3 Å². The normalized spacial score (nSPS) is 12.1. The SMILES string of the molecule is CC(C)c1cccc(C(C)C)c1-c1ccc2c(c1)c1ccc(Oc3[c-]c4c(cc3)c3cnccc3n3c5ccccc5nc43)[c-]c1c1nc3ccccc3n21.[Pd+2]. The maximum Gasteiger partial charge on any atom is 2.00 e. The third kappa shape index (κ3) is 5.08. The van der Waals surface area contributed by atoms with Gasteiger partial charge in [-0.05, 0) is 81.3 Å². The first kappa shape index (κ1) is 34.4. The van der Waals surface area contributed by atoms with Crippen LogP contribution in [0, 0.1) is 12.1 Å². The molecule has 272 valence electrons. The molecular weight excluding hydrogens is 781 g/mol. The summed E-state index contributed by atoms with van der Waals surface area (Å²) in [5.41, 5.74) is 13.1. The molecule has 0 aliphatic carbocycles. The van der Waals surface area contributed by atoms with Crippen LogP contribution in [-0.4, -0.2) is 23.8 Å². The molecule has 0 spiro atoms. The van der Waals surface area contributed by atoms with Crippen LogP contribution in [0.15, 0.2) is 128 Å². The van der Waals surface area contributed by atoms with E-state index in [4.69, 9.17) is 14.7 Å². The maximum absolute atomic E-state index is 6.64. The fraction of sp³-hybridized carbons (Fsp3) is 0.122. The Morgan fingerprint density at radius 3 is 1.68 bits per heavy atom. The summed E-state index contributed by atoms with van der Waals surface area (Å²) < 4.78 is 11.1. The Labute approximate surface area is 337 Å². The van der Waals surface area contributed by atoms with Crippen molar-refractivity contribution in [1.82, 2.24) is 23.8 Å². The summed E-state index contributed by atoms with van der Waals surface area (Å²) in [5.74, 6) is 1.95. The average Bonchev–Trinajstić information content (AvgIpc) is 3.81. The van der Waals surface area contributed by atoms with E-state index in [-0.39, 0.29) is 20.4 Å². The minimum Gasteiger partial charge on any atom is -0.497 e. The van der Waals surface area contributed by atoms with Gasteiger partial charge in [0.1, 0.15) is 0 Å². The molecule has 0 atom stereocenters. The molecule has 5 heterocycles. The number of hydrogen-bond donors (Lipinski definition) is 0. The van der Waals surface area contributed by atoms with E-state index >= 15 is 0 Å². The summed E-state index contributed by atoms with van der Waals surface area (Å²) in [4.78, 5) is 14.7. The summed E-state index contributed by atoms with van der Waals surface area (Å²) in [6.45, 7) is 9.12. The van der Waals surface area contributed by atoms with Gasteiger partial charge in [-0.25, -0.2) is 0 Å². The topological polar surface area (TPSA) is 56.7 Å². The first-order chi connectivity index (χ1) is 26.9. The van der Waals surface area contributed by atoms with Gasteiger partial charge in [-0.2, -0.15) is 0 Å². The van der Waals surface area contributed by atoms with E-state index in [9.17, 15) is 0 Å². The van der Waals surface area contributed by atoms with Crippen LogP contribution >= 0.6 is 0 Å². The standard InChI is InChI=1S/C49H35N5O.Pd/c1-28(2)33-10-9-11-34(29(3)4)47(33)30-16-21-43-37(24-30)35-19-17-31(25-38(35)48-51-41-12-5-7-14-45(41)53(43)48)55-32-18-20-36-39(26-32)49-52-42-13-6-8-15-46(42)54(49)44-22-23-50-27-40(36)44;/h5-24,27-29H,1-4H3;/q-2;+2. The van der Waals surface area contributed by atoms with E-state index in [1.807, 2.05) is 54.9 Å². The summed E-state index contributed by atoms with van der Waals surface area (Å²) in [7, 11) is 0. The second-order valence-electron chi connectivity index (χ2n) is 15.1. The molecule has 0 radical (unpaired) electrons. The summed E-state index contributed by atoms with van der Waals surface area (Å²) in [6.07, 6.45) is 3.74. The zero-order valence-corrected chi connectivity index (χ0v) is 32.8. The Morgan fingerprint density at radius 2 is 1.09 bits per heavy atom. The van der Waals surface area contributed by atoms with Crippen LogP contribution in [0.5, 0.6) is 11.5 Å². The Hall–Kier alpha value is -6.13. The van der Waals surface area contributed by atoms with Crippen molar-refractivity contribution in [2.75, 3.05) is 0 Å².